The molecule has 2 aromatic heterocycles. The van der Waals surface area contributed by atoms with Crippen molar-refractivity contribution in [3.8, 4) is 0 Å². The number of hydrogen-bond acceptors (Lipinski definition) is 4. The molecule has 0 fully saturated rings. The number of amides is 1. The molecular formula is C14H17N3O3. The fourth-order valence-electron chi connectivity index (χ4n) is 2.12. The molecule has 0 aliphatic rings. The van der Waals surface area contributed by atoms with Crippen molar-refractivity contribution in [3.05, 3.63) is 41.5 Å². The van der Waals surface area contributed by atoms with Crippen molar-refractivity contribution in [1.29, 1.82) is 0 Å². The zero-order chi connectivity index (χ0) is 14.5. The molecule has 0 aromatic carbocycles. The van der Waals surface area contributed by atoms with Crippen LogP contribution < -0.4 is 5.73 Å². The van der Waals surface area contributed by atoms with Crippen LogP contribution in [0.4, 0.5) is 0 Å². The van der Waals surface area contributed by atoms with E-state index in [4.69, 9.17) is 5.73 Å². The van der Waals surface area contributed by atoms with Crippen LogP contribution in [-0.2, 0) is 6.54 Å². The van der Waals surface area contributed by atoms with Crippen molar-refractivity contribution >= 4 is 11.7 Å². The van der Waals surface area contributed by atoms with E-state index in [1.165, 1.54) is 12.5 Å². The number of unbranched alkanes of at least 4 members (excludes halogenated alkanes) is 2. The second-order valence-electron chi connectivity index (χ2n) is 4.59. The van der Waals surface area contributed by atoms with E-state index in [-0.39, 0.29) is 17.0 Å². The molecule has 0 atom stereocenters. The van der Waals surface area contributed by atoms with Gasteiger partial charge in [-0.05, 0) is 12.5 Å². The highest BCUT2D eigenvalue weighted by atomic mass is 16.5. The van der Waals surface area contributed by atoms with Crippen molar-refractivity contribution in [2.75, 3.05) is 0 Å². The molecule has 1 amide bonds. The summed E-state index contributed by atoms with van der Waals surface area (Å²) < 4.78 is 6.38. The molecule has 20 heavy (non-hydrogen) atoms. The number of aryl methyl sites for hydroxylation is 1. The Balaban J connectivity index is 2.29. The van der Waals surface area contributed by atoms with Gasteiger partial charge >= 0.3 is 0 Å². The van der Waals surface area contributed by atoms with E-state index in [0.29, 0.717) is 12.1 Å². The number of nitrogens with two attached hydrogens (primary N) is 1. The summed E-state index contributed by atoms with van der Waals surface area (Å²) in [5.41, 5.74) is 6.24. The first-order chi connectivity index (χ1) is 9.65. The van der Waals surface area contributed by atoms with Gasteiger partial charge in [-0.2, -0.15) is 0 Å². The van der Waals surface area contributed by atoms with E-state index in [0.717, 1.165) is 19.3 Å². The van der Waals surface area contributed by atoms with Gasteiger partial charge in [-0.15, -0.1) is 0 Å². The molecule has 0 aliphatic carbocycles. The number of carbonyl (C=O) groups excluding carboxylic acids is 2. The van der Waals surface area contributed by atoms with Crippen molar-refractivity contribution < 1.29 is 14.1 Å². The Morgan fingerprint density at radius 3 is 2.80 bits per heavy atom. The topological polar surface area (TPSA) is 91.1 Å². The highest BCUT2D eigenvalue weighted by molar-refractivity contribution is 6.14. The van der Waals surface area contributed by atoms with E-state index in [2.05, 4.69) is 16.6 Å². The Hall–Kier alpha value is -2.37. The van der Waals surface area contributed by atoms with Crippen molar-refractivity contribution in [3.63, 3.8) is 0 Å². The molecule has 0 bridgehead atoms. The third kappa shape index (κ3) is 2.79. The lowest BCUT2D eigenvalue weighted by Crippen LogP contribution is -2.20. The molecular weight excluding hydrogens is 258 g/mol. The fourth-order valence-corrected chi connectivity index (χ4v) is 2.12. The average molecular weight is 275 g/mol. The van der Waals surface area contributed by atoms with Crippen LogP contribution in [0.15, 0.2) is 29.2 Å². The van der Waals surface area contributed by atoms with E-state index in [9.17, 15) is 9.59 Å². The maximum atomic E-state index is 12.3. The number of nitrogens with zero attached hydrogens (tertiary/aromatic N) is 2. The van der Waals surface area contributed by atoms with Gasteiger partial charge in [0.1, 0.15) is 12.0 Å². The molecule has 2 heterocycles. The lowest BCUT2D eigenvalue weighted by molar-refractivity contribution is 0.0973. The monoisotopic (exact) mass is 275 g/mol. The maximum Gasteiger partial charge on any atom is 0.266 e. The van der Waals surface area contributed by atoms with Crippen LogP contribution in [0.5, 0.6) is 0 Å². The van der Waals surface area contributed by atoms with Gasteiger partial charge in [0.15, 0.2) is 5.78 Å². The Bertz CT molecular complexity index is 599. The summed E-state index contributed by atoms with van der Waals surface area (Å²) >= 11 is 0. The number of carbonyl (C=O) groups is 2. The Kier molecular flexibility index (Phi) is 4.34. The average Bonchev–Trinajstić information content (AvgIpc) is 3.07. The van der Waals surface area contributed by atoms with Crippen LogP contribution in [-0.4, -0.2) is 21.4 Å². The summed E-state index contributed by atoms with van der Waals surface area (Å²) in [4.78, 5) is 23.9. The summed E-state index contributed by atoms with van der Waals surface area (Å²) in [5, 5.41) is 3.49. The van der Waals surface area contributed by atoms with E-state index in [1.807, 2.05) is 0 Å². The largest absolute Gasteiger partial charge is 0.364 e. The predicted molar refractivity (Wildman–Crippen MR) is 72.4 cm³/mol. The zero-order valence-electron chi connectivity index (χ0n) is 11.3. The van der Waals surface area contributed by atoms with E-state index >= 15 is 0 Å². The zero-order valence-corrected chi connectivity index (χ0v) is 11.3. The quantitative estimate of drug-likeness (QED) is 0.618. The van der Waals surface area contributed by atoms with Crippen LogP contribution in [0.1, 0.15) is 52.6 Å². The van der Waals surface area contributed by atoms with Gasteiger partial charge in [0, 0.05) is 12.7 Å². The van der Waals surface area contributed by atoms with Crippen molar-refractivity contribution in [2.24, 2.45) is 5.73 Å². The summed E-state index contributed by atoms with van der Waals surface area (Å²) in [6.45, 7) is 2.77. The molecule has 2 aromatic rings. The lowest BCUT2D eigenvalue weighted by atomic mass is 10.1. The van der Waals surface area contributed by atoms with Gasteiger partial charge in [-0.3, -0.25) is 9.59 Å². The van der Waals surface area contributed by atoms with Crippen LogP contribution in [0.3, 0.4) is 0 Å². The number of hydrogen-bond donors (Lipinski definition) is 1. The van der Waals surface area contributed by atoms with Gasteiger partial charge < -0.3 is 14.8 Å². The van der Waals surface area contributed by atoms with Crippen LogP contribution >= 0.6 is 0 Å². The Morgan fingerprint density at radius 2 is 2.20 bits per heavy atom. The van der Waals surface area contributed by atoms with E-state index < -0.39 is 5.91 Å². The normalized spacial score (nSPS) is 10.7. The number of rotatable bonds is 7. The highest BCUT2D eigenvalue weighted by Crippen LogP contribution is 2.17. The van der Waals surface area contributed by atoms with Crippen LogP contribution in [0.25, 0.3) is 0 Å². The molecule has 106 valence electrons. The van der Waals surface area contributed by atoms with Crippen LogP contribution in [0, 0.1) is 0 Å². The van der Waals surface area contributed by atoms with Crippen LogP contribution in [0.2, 0.25) is 0 Å². The number of aromatic nitrogens is 2. The Morgan fingerprint density at radius 1 is 1.40 bits per heavy atom. The Labute approximate surface area is 116 Å². The number of ketones is 1. The molecule has 0 saturated heterocycles. The predicted octanol–water partition coefficient (Wildman–Crippen LogP) is 2.00. The second-order valence-corrected chi connectivity index (χ2v) is 4.59. The maximum absolute atomic E-state index is 12.3. The van der Waals surface area contributed by atoms with Gasteiger partial charge in [0.2, 0.25) is 0 Å². The van der Waals surface area contributed by atoms with Gasteiger partial charge in [0.05, 0.1) is 17.3 Å². The minimum atomic E-state index is -0.605. The highest BCUT2D eigenvalue weighted by Gasteiger charge is 2.22. The summed E-state index contributed by atoms with van der Waals surface area (Å²) in [6, 6.07) is 1.61. The molecule has 6 heteroatoms. The summed E-state index contributed by atoms with van der Waals surface area (Å²) in [6.07, 6.45) is 7.37. The first-order valence-electron chi connectivity index (χ1n) is 6.58. The molecule has 2 rings (SSSR count). The molecule has 6 nitrogen and oxygen atoms in total. The molecule has 0 saturated carbocycles. The minimum Gasteiger partial charge on any atom is -0.364 e. The molecule has 0 unspecified atom stereocenters. The van der Waals surface area contributed by atoms with Gasteiger partial charge in [-0.25, -0.2) is 0 Å². The van der Waals surface area contributed by atoms with Crippen molar-refractivity contribution in [1.82, 2.24) is 9.72 Å². The van der Waals surface area contributed by atoms with Gasteiger partial charge in [0.25, 0.3) is 5.91 Å². The molecule has 0 spiro atoms. The molecule has 2 N–H and O–H groups in total. The summed E-state index contributed by atoms with van der Waals surface area (Å²) in [7, 11) is 0. The first kappa shape index (κ1) is 14.0. The second kappa shape index (κ2) is 6.18. The third-order valence-corrected chi connectivity index (χ3v) is 3.14. The smallest absolute Gasteiger partial charge is 0.266 e. The molecule has 0 radical (unpaired) electrons. The molecule has 0 aliphatic heterocycles. The lowest BCUT2D eigenvalue weighted by Gasteiger charge is -2.07. The SMILES string of the molecule is CCCCCn1ccc(C(=O)c2cnoc2)c1C(N)=O. The number of primary amides is 1. The first-order valence-corrected chi connectivity index (χ1v) is 6.58. The van der Waals surface area contributed by atoms with E-state index in [1.54, 1.807) is 16.8 Å². The minimum absolute atomic E-state index is 0.243. The summed E-state index contributed by atoms with van der Waals surface area (Å²) in [5.74, 6) is -0.916. The standard InChI is InChI=1S/C14H17N3O3/c1-2-3-4-6-17-7-5-11(12(17)14(15)19)13(18)10-8-16-20-9-10/h5,7-9H,2-4,6H2,1H3,(H2,15,19). The fraction of sp³-hybridized carbons (Fsp3) is 0.357. The third-order valence-electron chi connectivity index (χ3n) is 3.14. The van der Waals surface area contributed by atoms with Gasteiger partial charge in [-0.1, -0.05) is 24.9 Å². The van der Waals surface area contributed by atoms with Crippen molar-refractivity contribution in [2.45, 2.75) is 32.7 Å².